The van der Waals surface area contributed by atoms with E-state index in [-0.39, 0.29) is 5.91 Å². The summed E-state index contributed by atoms with van der Waals surface area (Å²) in [5, 5.41) is 3.73. The van der Waals surface area contributed by atoms with Crippen molar-refractivity contribution in [2.24, 2.45) is 0 Å². The van der Waals surface area contributed by atoms with Crippen LogP contribution in [0.4, 0.5) is 4.79 Å². The van der Waals surface area contributed by atoms with E-state index in [2.05, 4.69) is 5.32 Å². The Labute approximate surface area is 137 Å². The molecular formula is C17H26N2O4. The monoisotopic (exact) mass is 322 g/mol. The molecule has 0 saturated carbocycles. The van der Waals surface area contributed by atoms with Crippen LogP contribution >= 0.6 is 0 Å². The predicted molar refractivity (Wildman–Crippen MR) is 88.5 cm³/mol. The van der Waals surface area contributed by atoms with Crippen molar-refractivity contribution in [3.8, 4) is 0 Å². The van der Waals surface area contributed by atoms with E-state index in [9.17, 15) is 9.59 Å². The molecular weight excluding hydrogens is 296 g/mol. The van der Waals surface area contributed by atoms with E-state index in [0.29, 0.717) is 6.42 Å². The Morgan fingerprint density at radius 3 is 2.65 bits per heavy atom. The maximum Gasteiger partial charge on any atom is 0.408 e. The van der Waals surface area contributed by atoms with Gasteiger partial charge in [-0.25, -0.2) is 9.86 Å². The molecule has 0 aliphatic heterocycles. The Bertz CT molecular complexity index is 515. The van der Waals surface area contributed by atoms with Crippen molar-refractivity contribution in [2.45, 2.75) is 45.3 Å². The topological polar surface area (TPSA) is 67.9 Å². The molecule has 2 amide bonds. The van der Waals surface area contributed by atoms with Crippen molar-refractivity contribution < 1.29 is 19.2 Å². The average molecular weight is 322 g/mol. The van der Waals surface area contributed by atoms with Gasteiger partial charge in [0.2, 0.25) is 0 Å². The van der Waals surface area contributed by atoms with Gasteiger partial charge in [-0.2, -0.15) is 0 Å². The first-order valence-electron chi connectivity index (χ1n) is 7.56. The molecule has 0 heterocycles. The van der Waals surface area contributed by atoms with Gasteiger partial charge in [0.05, 0.1) is 7.11 Å². The van der Waals surface area contributed by atoms with Crippen LogP contribution in [0.1, 0.15) is 33.6 Å². The van der Waals surface area contributed by atoms with E-state index in [0.717, 1.165) is 17.1 Å². The van der Waals surface area contributed by atoms with Crippen LogP contribution in [-0.4, -0.2) is 42.9 Å². The second-order valence-electron chi connectivity index (χ2n) is 6.22. The Balaban J connectivity index is 2.82. The summed E-state index contributed by atoms with van der Waals surface area (Å²) in [7, 11) is 2.90. The number of carbonyl (C=O) groups is 2. The molecule has 1 atom stereocenters. The van der Waals surface area contributed by atoms with Gasteiger partial charge in [-0.3, -0.25) is 9.63 Å². The third-order valence-electron chi connectivity index (χ3n) is 3.09. The normalized spacial score (nSPS) is 15.4. The molecule has 0 saturated heterocycles. The number of nitrogens with zero attached hydrogens (tertiary/aromatic N) is 1. The highest BCUT2D eigenvalue weighted by Gasteiger charge is 2.27. The lowest BCUT2D eigenvalue weighted by Gasteiger charge is -2.25. The minimum absolute atomic E-state index is 0.343. The van der Waals surface area contributed by atoms with Crippen LogP contribution in [0.5, 0.6) is 0 Å². The molecule has 6 nitrogen and oxygen atoms in total. The van der Waals surface area contributed by atoms with Crippen molar-refractivity contribution in [1.29, 1.82) is 0 Å². The van der Waals surface area contributed by atoms with Gasteiger partial charge in [0.25, 0.3) is 5.91 Å². The Kier molecular flexibility index (Phi) is 7.03. The number of carbonyl (C=O) groups excluding carboxylic acids is 2. The molecule has 0 spiro atoms. The second-order valence-corrected chi connectivity index (χ2v) is 6.22. The molecule has 1 rings (SSSR count). The van der Waals surface area contributed by atoms with Crippen molar-refractivity contribution in [3.63, 3.8) is 0 Å². The number of nitrogens with one attached hydrogen (secondary N) is 1. The first-order chi connectivity index (χ1) is 10.7. The molecule has 1 unspecified atom stereocenters. The smallest absolute Gasteiger partial charge is 0.408 e. The van der Waals surface area contributed by atoms with E-state index in [1.165, 1.54) is 14.2 Å². The summed E-state index contributed by atoms with van der Waals surface area (Å²) in [5.41, 5.74) is 0.338. The summed E-state index contributed by atoms with van der Waals surface area (Å²) in [6, 6.07) is -0.760. The highest BCUT2D eigenvalue weighted by Crippen LogP contribution is 2.14. The summed E-state index contributed by atoms with van der Waals surface area (Å²) < 4.78 is 5.23. The molecule has 6 heteroatoms. The quantitative estimate of drug-likeness (QED) is 0.790. The first kappa shape index (κ1) is 19.0. The number of hydrogen-bond acceptors (Lipinski definition) is 4. The number of likely N-dealkylation sites (N-methyl/N-ethyl adjacent to an activating group) is 1. The Morgan fingerprint density at radius 2 is 2.04 bits per heavy atom. The lowest BCUT2D eigenvalue weighted by atomic mass is 10.0. The molecule has 23 heavy (non-hydrogen) atoms. The van der Waals surface area contributed by atoms with Gasteiger partial charge in [0, 0.05) is 13.5 Å². The third kappa shape index (κ3) is 7.15. The van der Waals surface area contributed by atoms with Crippen LogP contribution in [0.2, 0.25) is 0 Å². The largest absolute Gasteiger partial charge is 0.444 e. The van der Waals surface area contributed by atoms with Crippen molar-refractivity contribution >= 4 is 12.0 Å². The standard InChI is InChI=1S/C17H26N2O4/c1-17(2,3)23-16(21)18-14(15(20)19(4)22-5)12-13-10-8-6-7-9-11-13/h6-8,10-11,14H,9,12H2,1-5H3,(H,18,21). The van der Waals surface area contributed by atoms with Crippen LogP contribution in [0, 0.1) is 0 Å². The summed E-state index contributed by atoms with van der Waals surface area (Å²) in [5.74, 6) is -0.343. The molecule has 0 fully saturated rings. The van der Waals surface area contributed by atoms with Gasteiger partial charge in [0.15, 0.2) is 0 Å². The molecule has 0 aromatic heterocycles. The van der Waals surface area contributed by atoms with Crippen LogP contribution in [-0.2, 0) is 14.4 Å². The van der Waals surface area contributed by atoms with Crippen molar-refractivity contribution in [3.05, 3.63) is 36.0 Å². The van der Waals surface area contributed by atoms with E-state index in [4.69, 9.17) is 9.57 Å². The van der Waals surface area contributed by atoms with E-state index >= 15 is 0 Å². The minimum atomic E-state index is -0.760. The molecule has 0 aromatic carbocycles. The molecule has 128 valence electrons. The maximum atomic E-state index is 12.4. The van der Waals surface area contributed by atoms with Gasteiger partial charge >= 0.3 is 6.09 Å². The summed E-state index contributed by atoms with van der Waals surface area (Å²) in [4.78, 5) is 29.3. The number of rotatable bonds is 5. The van der Waals surface area contributed by atoms with Crippen molar-refractivity contribution in [2.75, 3.05) is 14.2 Å². The Hall–Kier alpha value is -2.08. The SMILES string of the molecule is CON(C)C(=O)C(CC1=CCC=CC=C1)NC(=O)OC(C)(C)C. The van der Waals surface area contributed by atoms with Gasteiger partial charge in [-0.05, 0) is 32.8 Å². The number of hydrogen-bond donors (Lipinski definition) is 1. The number of amides is 2. The zero-order chi connectivity index (χ0) is 17.5. The lowest BCUT2D eigenvalue weighted by molar-refractivity contribution is -0.170. The number of allylic oxidation sites excluding steroid dienone is 5. The predicted octanol–water partition coefficient (Wildman–Crippen LogP) is 2.73. The highest BCUT2D eigenvalue weighted by molar-refractivity contribution is 5.85. The summed E-state index contributed by atoms with van der Waals surface area (Å²) >= 11 is 0. The summed E-state index contributed by atoms with van der Waals surface area (Å²) in [6.45, 7) is 5.31. The van der Waals surface area contributed by atoms with E-state index < -0.39 is 17.7 Å². The zero-order valence-electron chi connectivity index (χ0n) is 14.5. The molecule has 0 bridgehead atoms. The highest BCUT2D eigenvalue weighted by atomic mass is 16.7. The van der Waals surface area contributed by atoms with Crippen LogP contribution in [0.25, 0.3) is 0 Å². The molecule has 0 radical (unpaired) electrons. The minimum Gasteiger partial charge on any atom is -0.444 e. The molecule has 0 aromatic rings. The van der Waals surface area contributed by atoms with Gasteiger partial charge in [0.1, 0.15) is 11.6 Å². The number of hydroxylamine groups is 2. The van der Waals surface area contributed by atoms with E-state index in [1.54, 1.807) is 20.8 Å². The molecule has 1 aliphatic carbocycles. The average Bonchev–Trinajstić information content (AvgIpc) is 2.71. The first-order valence-corrected chi connectivity index (χ1v) is 7.56. The van der Waals surface area contributed by atoms with Gasteiger partial charge in [-0.1, -0.05) is 30.4 Å². The molecule has 1 aliphatic rings. The fourth-order valence-corrected chi connectivity index (χ4v) is 1.97. The number of ether oxygens (including phenoxy) is 1. The van der Waals surface area contributed by atoms with Crippen LogP contribution < -0.4 is 5.32 Å². The van der Waals surface area contributed by atoms with Crippen molar-refractivity contribution in [1.82, 2.24) is 10.4 Å². The van der Waals surface area contributed by atoms with Crippen LogP contribution in [0.15, 0.2) is 36.0 Å². The third-order valence-corrected chi connectivity index (χ3v) is 3.09. The Morgan fingerprint density at radius 1 is 1.35 bits per heavy atom. The lowest BCUT2D eigenvalue weighted by Crippen LogP contribution is -2.48. The second kappa shape index (κ2) is 8.53. The molecule has 1 N–H and O–H groups in total. The number of alkyl carbamates (subject to hydrolysis) is 1. The van der Waals surface area contributed by atoms with Crippen LogP contribution in [0.3, 0.4) is 0 Å². The maximum absolute atomic E-state index is 12.4. The summed E-state index contributed by atoms with van der Waals surface area (Å²) in [6.07, 6.45) is 10.3. The van der Waals surface area contributed by atoms with Gasteiger partial charge in [-0.15, -0.1) is 0 Å². The fourth-order valence-electron chi connectivity index (χ4n) is 1.97. The van der Waals surface area contributed by atoms with Gasteiger partial charge < -0.3 is 10.1 Å². The zero-order valence-corrected chi connectivity index (χ0v) is 14.5. The van der Waals surface area contributed by atoms with E-state index in [1.807, 2.05) is 30.4 Å². The fraction of sp³-hybridized carbons (Fsp3) is 0.529.